The number of aromatic nitrogens is 2. The zero-order valence-electron chi connectivity index (χ0n) is 10.0. The summed E-state index contributed by atoms with van der Waals surface area (Å²) in [5, 5.41) is 10.6. The molecule has 0 radical (unpaired) electrons. The van der Waals surface area contributed by atoms with Crippen molar-refractivity contribution in [3.63, 3.8) is 0 Å². The van der Waals surface area contributed by atoms with Crippen LogP contribution in [-0.2, 0) is 12.1 Å². The van der Waals surface area contributed by atoms with Crippen LogP contribution < -0.4 is 4.74 Å². The summed E-state index contributed by atoms with van der Waals surface area (Å²) in [6, 6.07) is 8.09. The highest BCUT2D eigenvalue weighted by molar-refractivity contribution is 9.10. The number of benzene rings is 1. The number of rotatable bonds is 2. The number of ether oxygens (including phenoxy) is 1. The second-order valence-electron chi connectivity index (χ2n) is 4.61. The van der Waals surface area contributed by atoms with Gasteiger partial charge in [-0.1, -0.05) is 28.1 Å². The van der Waals surface area contributed by atoms with Crippen molar-refractivity contribution in [2.24, 2.45) is 0 Å². The zero-order valence-corrected chi connectivity index (χ0v) is 11.6. The molecule has 0 fully saturated rings. The van der Waals surface area contributed by atoms with Crippen molar-refractivity contribution in [1.82, 2.24) is 9.55 Å². The molecule has 0 spiro atoms. The molecule has 7 heteroatoms. The van der Waals surface area contributed by atoms with Crippen LogP contribution in [0.3, 0.4) is 0 Å². The lowest BCUT2D eigenvalue weighted by molar-refractivity contribution is -0.389. The quantitative estimate of drug-likeness (QED) is 0.629. The topological polar surface area (TPSA) is 70.2 Å². The van der Waals surface area contributed by atoms with Crippen LogP contribution in [0.1, 0.15) is 12.5 Å². The molecule has 1 aliphatic heterocycles. The summed E-state index contributed by atoms with van der Waals surface area (Å²) in [4.78, 5) is 14.0. The molecule has 0 bridgehead atoms. The number of hydrogen-bond donors (Lipinski definition) is 0. The van der Waals surface area contributed by atoms with Gasteiger partial charge in [0, 0.05) is 9.46 Å². The van der Waals surface area contributed by atoms with Crippen molar-refractivity contribution >= 4 is 21.7 Å². The third kappa shape index (κ3) is 1.99. The Morgan fingerprint density at radius 2 is 2.16 bits per heavy atom. The molecule has 0 saturated heterocycles. The van der Waals surface area contributed by atoms with Crippen molar-refractivity contribution in [2.45, 2.75) is 19.1 Å². The van der Waals surface area contributed by atoms with Crippen molar-refractivity contribution in [3.8, 4) is 6.01 Å². The third-order valence-electron chi connectivity index (χ3n) is 3.16. The summed E-state index contributed by atoms with van der Waals surface area (Å²) < 4.78 is 8.44. The van der Waals surface area contributed by atoms with Gasteiger partial charge in [-0.3, -0.25) is 4.57 Å². The van der Waals surface area contributed by atoms with E-state index >= 15 is 0 Å². The molecule has 2 aromatic rings. The summed E-state index contributed by atoms with van der Waals surface area (Å²) in [7, 11) is 0. The number of halogens is 1. The number of nitro groups is 1. The lowest BCUT2D eigenvalue weighted by Gasteiger charge is -2.22. The van der Waals surface area contributed by atoms with E-state index in [2.05, 4.69) is 20.9 Å². The molecule has 0 aliphatic carbocycles. The lowest BCUT2D eigenvalue weighted by atomic mass is 9.96. The second-order valence-corrected chi connectivity index (χ2v) is 5.52. The van der Waals surface area contributed by atoms with Gasteiger partial charge in [0.15, 0.2) is 5.60 Å². The van der Waals surface area contributed by atoms with Gasteiger partial charge in [0.2, 0.25) is 0 Å². The van der Waals surface area contributed by atoms with Gasteiger partial charge in [-0.15, -0.1) is 0 Å². The predicted molar refractivity (Wildman–Crippen MR) is 71.0 cm³/mol. The minimum atomic E-state index is -0.543. The van der Waals surface area contributed by atoms with Crippen LogP contribution in [0.25, 0.3) is 0 Å². The van der Waals surface area contributed by atoms with Gasteiger partial charge in [0.1, 0.15) is 6.20 Å². The molecule has 0 amide bonds. The molecule has 0 N–H and O–H groups in total. The molecule has 6 nitrogen and oxygen atoms in total. The fourth-order valence-corrected chi connectivity index (χ4v) is 2.44. The Labute approximate surface area is 117 Å². The van der Waals surface area contributed by atoms with E-state index in [9.17, 15) is 10.1 Å². The predicted octanol–water partition coefficient (Wildman–Crippen LogP) is 2.86. The van der Waals surface area contributed by atoms with Gasteiger partial charge >= 0.3 is 11.8 Å². The summed E-state index contributed by atoms with van der Waals surface area (Å²) in [5.41, 5.74) is 0.460. The van der Waals surface area contributed by atoms with Gasteiger partial charge in [-0.25, -0.2) is 0 Å². The molecule has 1 aromatic heterocycles. The van der Waals surface area contributed by atoms with E-state index in [-0.39, 0.29) is 11.8 Å². The summed E-state index contributed by atoms with van der Waals surface area (Å²) >= 11 is 3.38. The van der Waals surface area contributed by atoms with Crippen LogP contribution >= 0.6 is 15.9 Å². The van der Waals surface area contributed by atoms with E-state index in [1.807, 2.05) is 31.2 Å². The number of fused-ring (bicyclic) bond motifs is 1. The normalized spacial score (nSPS) is 20.9. The maximum absolute atomic E-state index is 10.6. The van der Waals surface area contributed by atoms with Crippen LogP contribution in [0.5, 0.6) is 6.01 Å². The second kappa shape index (κ2) is 4.06. The van der Waals surface area contributed by atoms with Crippen LogP contribution in [0.4, 0.5) is 5.82 Å². The molecule has 98 valence electrons. The average Bonchev–Trinajstić information content (AvgIpc) is 2.85. The lowest BCUT2D eigenvalue weighted by Crippen LogP contribution is -2.28. The standard InChI is InChI=1S/C12H10BrN3O3/c1-12(8-2-4-9(13)5-3-8)7-15-6-10(16(17)18)14-11(15)19-12/h2-6H,7H2,1H3. The smallest absolute Gasteiger partial charge is 0.415 e. The van der Waals surface area contributed by atoms with Crippen LogP contribution in [-0.4, -0.2) is 14.5 Å². The first kappa shape index (κ1) is 12.2. The Balaban J connectivity index is 1.91. The molecule has 3 rings (SSSR count). The number of nitrogens with zero attached hydrogens (tertiary/aromatic N) is 3. The first-order valence-electron chi connectivity index (χ1n) is 5.64. The Kier molecular flexibility index (Phi) is 2.60. The Bertz CT molecular complexity index is 627. The fourth-order valence-electron chi connectivity index (χ4n) is 2.18. The third-order valence-corrected chi connectivity index (χ3v) is 3.69. The van der Waals surface area contributed by atoms with Gasteiger partial charge in [-0.2, -0.15) is 0 Å². The maximum atomic E-state index is 10.6. The minimum Gasteiger partial charge on any atom is -0.433 e. The SMILES string of the molecule is CC1(c2ccc(Br)cc2)Cn2cc([N+](=O)[O-])nc2O1. The first-order valence-corrected chi connectivity index (χ1v) is 6.44. The minimum absolute atomic E-state index is 0.187. The summed E-state index contributed by atoms with van der Waals surface area (Å²) in [6.07, 6.45) is 1.40. The highest BCUT2D eigenvalue weighted by Crippen LogP contribution is 2.37. The fraction of sp³-hybridized carbons (Fsp3) is 0.250. The van der Waals surface area contributed by atoms with E-state index in [0.717, 1.165) is 10.0 Å². The number of imidazole rings is 1. The average molecular weight is 324 g/mol. The maximum Gasteiger partial charge on any atom is 0.415 e. The van der Waals surface area contributed by atoms with Gasteiger partial charge < -0.3 is 14.9 Å². The molecule has 0 saturated carbocycles. The number of hydrogen-bond acceptors (Lipinski definition) is 4. The highest BCUT2D eigenvalue weighted by Gasteiger charge is 2.41. The van der Waals surface area contributed by atoms with Gasteiger partial charge in [0.25, 0.3) is 0 Å². The van der Waals surface area contributed by atoms with E-state index in [0.29, 0.717) is 6.54 Å². The molecule has 1 atom stereocenters. The van der Waals surface area contributed by atoms with E-state index in [4.69, 9.17) is 4.74 Å². The molecule has 1 aromatic carbocycles. The van der Waals surface area contributed by atoms with Crippen molar-refractivity contribution in [2.75, 3.05) is 0 Å². The molecule has 1 aliphatic rings. The van der Waals surface area contributed by atoms with Crippen LogP contribution in [0.15, 0.2) is 34.9 Å². The summed E-state index contributed by atoms with van der Waals surface area (Å²) in [6.45, 7) is 2.45. The monoisotopic (exact) mass is 323 g/mol. The first-order chi connectivity index (χ1) is 8.98. The zero-order chi connectivity index (χ0) is 13.6. The van der Waals surface area contributed by atoms with Crippen molar-refractivity contribution in [1.29, 1.82) is 0 Å². The Morgan fingerprint density at radius 3 is 2.74 bits per heavy atom. The Hall–Kier alpha value is -1.89. The molecular weight excluding hydrogens is 314 g/mol. The largest absolute Gasteiger partial charge is 0.433 e. The van der Waals surface area contributed by atoms with Crippen LogP contribution in [0.2, 0.25) is 0 Å². The van der Waals surface area contributed by atoms with Gasteiger partial charge in [0.05, 0.1) is 6.54 Å². The highest BCUT2D eigenvalue weighted by atomic mass is 79.9. The molecule has 19 heavy (non-hydrogen) atoms. The van der Waals surface area contributed by atoms with E-state index in [1.165, 1.54) is 6.20 Å². The Morgan fingerprint density at radius 1 is 1.47 bits per heavy atom. The molecule has 1 unspecified atom stereocenters. The van der Waals surface area contributed by atoms with Crippen LogP contribution in [0, 0.1) is 10.1 Å². The molecule has 2 heterocycles. The van der Waals surface area contributed by atoms with Gasteiger partial charge in [-0.05, 0) is 29.5 Å². The van der Waals surface area contributed by atoms with E-state index < -0.39 is 10.5 Å². The van der Waals surface area contributed by atoms with Crippen molar-refractivity contribution in [3.05, 3.63) is 50.6 Å². The summed E-state index contributed by atoms with van der Waals surface area (Å²) in [5.74, 6) is -0.187. The van der Waals surface area contributed by atoms with E-state index in [1.54, 1.807) is 4.57 Å². The van der Waals surface area contributed by atoms with Crippen molar-refractivity contribution < 1.29 is 9.66 Å². The molecular formula is C12H10BrN3O3.